The van der Waals surface area contributed by atoms with E-state index in [1.807, 2.05) is 13.0 Å². The van der Waals surface area contributed by atoms with E-state index in [4.69, 9.17) is 0 Å². The lowest BCUT2D eigenvalue weighted by Gasteiger charge is -2.59. The van der Waals surface area contributed by atoms with Crippen LogP contribution in [-0.4, -0.2) is 26.9 Å². The molecule has 0 spiro atoms. The smallest absolute Gasteiger partial charge is 0.242 e. The molecule has 1 aromatic carbocycles. The fraction of sp³-hybridized carbons (Fsp3) is 0.696. The Hall–Kier alpha value is -0.920. The van der Waals surface area contributed by atoms with Crippen molar-refractivity contribution in [2.24, 2.45) is 23.2 Å². The fourth-order valence-corrected chi connectivity index (χ4v) is 9.52. The summed E-state index contributed by atoms with van der Waals surface area (Å²) in [4.78, 5) is 14.4. The summed E-state index contributed by atoms with van der Waals surface area (Å²) in [6.07, 6.45) is 8.53. The SMILES string of the molecule is CCC(=O)N1CCc2cc(Br)cc(S(=O)(=O)NC(C)C34CC5CC(CC(C5)C3)C4)c21. The molecule has 0 saturated heterocycles. The maximum atomic E-state index is 13.6. The number of sulfonamides is 1. The summed E-state index contributed by atoms with van der Waals surface area (Å²) in [6, 6.07) is 3.51. The van der Waals surface area contributed by atoms with Crippen molar-refractivity contribution >= 4 is 37.5 Å². The second-order valence-electron chi connectivity index (χ2n) is 10.2. The fourth-order valence-electron chi connectivity index (χ4n) is 7.24. The summed E-state index contributed by atoms with van der Waals surface area (Å²) in [5.74, 6) is 2.30. The van der Waals surface area contributed by atoms with Gasteiger partial charge in [-0.1, -0.05) is 22.9 Å². The predicted octanol–water partition coefficient (Wildman–Crippen LogP) is 4.63. The van der Waals surface area contributed by atoms with Crippen molar-refractivity contribution in [1.29, 1.82) is 0 Å². The first-order chi connectivity index (χ1) is 14.2. The molecule has 0 radical (unpaired) electrons. The normalized spacial score (nSPS) is 33.0. The van der Waals surface area contributed by atoms with Crippen LogP contribution in [0.5, 0.6) is 0 Å². The van der Waals surface area contributed by atoms with Crippen molar-refractivity contribution in [3.63, 3.8) is 0 Å². The van der Waals surface area contributed by atoms with Gasteiger partial charge in [-0.3, -0.25) is 4.79 Å². The number of halogens is 1. The van der Waals surface area contributed by atoms with Gasteiger partial charge in [0.15, 0.2) is 0 Å². The molecular weight excluding hydrogens is 464 g/mol. The zero-order valence-corrected chi connectivity index (χ0v) is 20.2. The highest BCUT2D eigenvalue weighted by Gasteiger charge is 2.53. The summed E-state index contributed by atoms with van der Waals surface area (Å²) in [7, 11) is -3.75. The highest BCUT2D eigenvalue weighted by atomic mass is 79.9. The number of carbonyl (C=O) groups is 1. The number of nitrogens with one attached hydrogen (secondary N) is 1. The molecule has 0 aromatic heterocycles. The molecule has 164 valence electrons. The van der Waals surface area contributed by atoms with Crippen molar-refractivity contribution in [3.8, 4) is 0 Å². The van der Waals surface area contributed by atoms with E-state index >= 15 is 0 Å². The van der Waals surface area contributed by atoms with Gasteiger partial charge in [0.2, 0.25) is 15.9 Å². The van der Waals surface area contributed by atoms with Crippen molar-refractivity contribution < 1.29 is 13.2 Å². The molecule has 4 bridgehead atoms. The number of fused-ring (bicyclic) bond motifs is 1. The van der Waals surface area contributed by atoms with Gasteiger partial charge in [-0.2, -0.15) is 0 Å². The molecule has 4 aliphatic carbocycles. The number of amides is 1. The Labute approximate surface area is 188 Å². The van der Waals surface area contributed by atoms with E-state index in [-0.39, 0.29) is 22.3 Å². The number of nitrogens with zero attached hydrogens (tertiary/aromatic N) is 1. The van der Waals surface area contributed by atoms with Crippen LogP contribution in [0.25, 0.3) is 0 Å². The lowest BCUT2D eigenvalue weighted by Crippen LogP contribution is -2.55. The minimum Gasteiger partial charge on any atom is -0.310 e. The second-order valence-corrected chi connectivity index (χ2v) is 12.8. The van der Waals surface area contributed by atoms with Crippen LogP contribution < -0.4 is 9.62 Å². The van der Waals surface area contributed by atoms with E-state index in [1.54, 1.807) is 11.0 Å². The number of carbonyl (C=O) groups excluding carboxylic acids is 1. The van der Waals surface area contributed by atoms with Gasteiger partial charge in [0.1, 0.15) is 4.90 Å². The minimum absolute atomic E-state index is 0.0262. The number of hydrogen-bond donors (Lipinski definition) is 1. The minimum atomic E-state index is -3.75. The maximum absolute atomic E-state index is 13.6. The van der Waals surface area contributed by atoms with E-state index in [0.29, 0.717) is 25.1 Å². The van der Waals surface area contributed by atoms with Crippen LogP contribution >= 0.6 is 15.9 Å². The topological polar surface area (TPSA) is 66.5 Å². The Balaban J connectivity index is 1.47. The summed E-state index contributed by atoms with van der Waals surface area (Å²) in [5, 5.41) is 0. The van der Waals surface area contributed by atoms with Gasteiger partial charge in [0.25, 0.3) is 0 Å². The number of anilines is 1. The quantitative estimate of drug-likeness (QED) is 0.648. The molecular formula is C23H31BrN2O3S. The van der Waals surface area contributed by atoms with Gasteiger partial charge in [-0.05, 0) is 92.7 Å². The van der Waals surface area contributed by atoms with Gasteiger partial charge >= 0.3 is 0 Å². The first-order valence-electron chi connectivity index (χ1n) is 11.4. The molecule has 4 fully saturated rings. The van der Waals surface area contributed by atoms with Gasteiger partial charge in [0.05, 0.1) is 5.69 Å². The first kappa shape index (κ1) is 21.0. The third-order valence-electron chi connectivity index (χ3n) is 8.22. The summed E-state index contributed by atoms with van der Waals surface area (Å²) < 4.78 is 31.1. The number of hydrogen-bond acceptors (Lipinski definition) is 3. The van der Waals surface area contributed by atoms with Crippen molar-refractivity contribution in [2.75, 3.05) is 11.4 Å². The average Bonchev–Trinajstić information content (AvgIpc) is 3.08. The predicted molar refractivity (Wildman–Crippen MR) is 121 cm³/mol. The zero-order chi connectivity index (χ0) is 21.3. The van der Waals surface area contributed by atoms with E-state index in [1.165, 1.54) is 19.3 Å². The Kier molecular flexibility index (Phi) is 5.10. The molecule has 1 amide bonds. The average molecular weight is 495 g/mol. The van der Waals surface area contributed by atoms with Gasteiger partial charge in [-0.25, -0.2) is 13.1 Å². The molecule has 1 unspecified atom stereocenters. The summed E-state index contributed by atoms with van der Waals surface area (Å²) in [5.41, 5.74) is 1.60. The zero-order valence-electron chi connectivity index (χ0n) is 17.8. The lowest BCUT2D eigenvalue weighted by atomic mass is 9.48. The molecule has 1 aromatic rings. The van der Waals surface area contributed by atoms with Crippen LogP contribution in [0.1, 0.15) is 64.4 Å². The molecule has 5 aliphatic rings. The molecule has 1 aliphatic heterocycles. The van der Waals surface area contributed by atoms with Crippen molar-refractivity contribution in [1.82, 2.24) is 4.72 Å². The molecule has 5 nitrogen and oxygen atoms in total. The third kappa shape index (κ3) is 3.36. The van der Waals surface area contributed by atoms with Crippen LogP contribution in [0.15, 0.2) is 21.5 Å². The Morgan fingerprint density at radius 2 is 1.80 bits per heavy atom. The summed E-state index contributed by atoms with van der Waals surface area (Å²) >= 11 is 3.48. The Bertz CT molecular complexity index is 955. The van der Waals surface area contributed by atoms with Crippen LogP contribution in [0.3, 0.4) is 0 Å². The molecule has 1 heterocycles. The summed E-state index contributed by atoms with van der Waals surface area (Å²) in [6.45, 7) is 4.43. The monoisotopic (exact) mass is 494 g/mol. The molecule has 1 atom stereocenters. The van der Waals surface area contributed by atoms with Crippen LogP contribution in [0.2, 0.25) is 0 Å². The van der Waals surface area contributed by atoms with Crippen molar-refractivity contribution in [3.05, 3.63) is 22.2 Å². The molecule has 30 heavy (non-hydrogen) atoms. The molecule has 4 saturated carbocycles. The number of rotatable bonds is 5. The van der Waals surface area contributed by atoms with Crippen molar-refractivity contribution in [2.45, 2.75) is 76.2 Å². The van der Waals surface area contributed by atoms with Crippen LogP contribution in [0.4, 0.5) is 5.69 Å². The Morgan fingerprint density at radius 1 is 1.20 bits per heavy atom. The van der Waals surface area contributed by atoms with Gasteiger partial charge in [-0.15, -0.1) is 0 Å². The molecule has 1 N–H and O–H groups in total. The van der Waals surface area contributed by atoms with E-state index < -0.39 is 10.0 Å². The van der Waals surface area contributed by atoms with Gasteiger partial charge < -0.3 is 4.90 Å². The highest BCUT2D eigenvalue weighted by Crippen LogP contribution is 2.61. The first-order valence-corrected chi connectivity index (χ1v) is 13.6. The lowest BCUT2D eigenvalue weighted by molar-refractivity contribution is -0.118. The third-order valence-corrected chi connectivity index (χ3v) is 10.2. The molecule has 7 heteroatoms. The Morgan fingerprint density at radius 3 is 2.37 bits per heavy atom. The number of benzene rings is 1. The highest BCUT2D eigenvalue weighted by molar-refractivity contribution is 9.10. The second kappa shape index (κ2) is 7.31. The largest absolute Gasteiger partial charge is 0.310 e. The van der Waals surface area contributed by atoms with E-state index in [2.05, 4.69) is 27.6 Å². The van der Waals surface area contributed by atoms with E-state index in [9.17, 15) is 13.2 Å². The maximum Gasteiger partial charge on any atom is 0.242 e. The van der Waals surface area contributed by atoms with E-state index in [0.717, 1.165) is 47.1 Å². The van der Waals surface area contributed by atoms with Crippen LogP contribution in [0, 0.1) is 23.2 Å². The van der Waals surface area contributed by atoms with Gasteiger partial charge in [0, 0.05) is 23.5 Å². The standard InChI is InChI=1S/C23H31BrN2O3S/c1-3-21(27)26-5-4-18-9-19(24)10-20(22(18)26)30(28,29)25-14(2)23-11-15-6-16(12-23)8-17(7-15)13-23/h9-10,14-17,25H,3-8,11-13H2,1-2H3. The van der Waals surface area contributed by atoms with Crippen LogP contribution in [-0.2, 0) is 21.2 Å². The molecule has 6 rings (SSSR count).